The van der Waals surface area contributed by atoms with Crippen molar-refractivity contribution < 1.29 is 4.79 Å². The first-order valence-corrected chi connectivity index (χ1v) is 10.5. The van der Waals surface area contributed by atoms with E-state index >= 15 is 0 Å². The highest BCUT2D eigenvalue weighted by atomic mass is 16.1. The first-order valence-electron chi connectivity index (χ1n) is 10.5. The van der Waals surface area contributed by atoms with Gasteiger partial charge in [0.2, 0.25) is 0 Å². The van der Waals surface area contributed by atoms with Crippen LogP contribution in [0.2, 0.25) is 0 Å². The summed E-state index contributed by atoms with van der Waals surface area (Å²) in [7, 11) is 0. The zero-order valence-electron chi connectivity index (χ0n) is 16.7. The molecule has 0 saturated carbocycles. The predicted octanol–water partition coefficient (Wildman–Crippen LogP) is 5.42. The lowest BCUT2D eigenvalue weighted by Gasteiger charge is -2.30. The van der Waals surface area contributed by atoms with Gasteiger partial charge in [-0.05, 0) is 52.3 Å². The Morgan fingerprint density at radius 3 is 2.57 bits per heavy atom. The number of hydrogen-bond acceptors (Lipinski definition) is 2. The number of fused-ring (bicyclic) bond motifs is 3. The van der Waals surface area contributed by atoms with E-state index < -0.39 is 0 Å². The van der Waals surface area contributed by atoms with Crippen LogP contribution in [-0.4, -0.2) is 30.3 Å². The maximum Gasteiger partial charge on any atom is 0.166 e. The molecule has 1 heterocycles. The van der Waals surface area contributed by atoms with E-state index in [1.54, 1.807) is 5.57 Å². The topological polar surface area (TPSA) is 20.3 Å². The molecule has 0 radical (unpaired) electrons. The van der Waals surface area contributed by atoms with Crippen LogP contribution in [0.3, 0.4) is 0 Å². The molecular formula is C26H27NO. The van der Waals surface area contributed by atoms with E-state index in [4.69, 9.17) is 0 Å². The van der Waals surface area contributed by atoms with Crippen LogP contribution in [0.15, 0.2) is 59.7 Å². The summed E-state index contributed by atoms with van der Waals surface area (Å²) in [5.74, 6) is 0.846. The number of Topliss-reactive ketones (excluding diaryl/α,β-unsaturated/α-hetero) is 1. The SMILES string of the molecule is CC1C(=O)C(CCN2CCC3=C(C2)c2ccccc2C3C)=Cc2ccccc21. The lowest BCUT2D eigenvalue weighted by molar-refractivity contribution is -0.116. The van der Waals surface area contributed by atoms with E-state index in [-0.39, 0.29) is 5.92 Å². The molecule has 0 N–H and O–H groups in total. The van der Waals surface area contributed by atoms with Gasteiger partial charge >= 0.3 is 0 Å². The number of carbonyl (C=O) groups is 1. The van der Waals surface area contributed by atoms with Gasteiger partial charge in [-0.1, -0.05) is 68.0 Å². The number of carbonyl (C=O) groups excluding carboxylic acids is 1. The van der Waals surface area contributed by atoms with Gasteiger partial charge < -0.3 is 0 Å². The molecule has 0 amide bonds. The van der Waals surface area contributed by atoms with Gasteiger partial charge in [0.1, 0.15) is 0 Å². The van der Waals surface area contributed by atoms with Crippen LogP contribution in [0.25, 0.3) is 11.6 Å². The van der Waals surface area contributed by atoms with Gasteiger partial charge in [-0.25, -0.2) is 0 Å². The Morgan fingerprint density at radius 2 is 1.71 bits per heavy atom. The molecule has 2 nitrogen and oxygen atoms in total. The molecule has 0 spiro atoms. The maximum absolute atomic E-state index is 12.9. The van der Waals surface area contributed by atoms with E-state index in [1.807, 2.05) is 13.0 Å². The van der Waals surface area contributed by atoms with Crippen LogP contribution in [-0.2, 0) is 4.79 Å². The Balaban J connectivity index is 1.32. The van der Waals surface area contributed by atoms with Gasteiger partial charge in [0.05, 0.1) is 0 Å². The van der Waals surface area contributed by atoms with Crippen molar-refractivity contribution >= 4 is 17.4 Å². The number of benzene rings is 2. The number of hydrogen-bond donors (Lipinski definition) is 0. The minimum atomic E-state index is -0.0191. The third-order valence-electron chi connectivity index (χ3n) is 6.94. The van der Waals surface area contributed by atoms with Crippen LogP contribution >= 0.6 is 0 Å². The van der Waals surface area contributed by atoms with Gasteiger partial charge in [0.15, 0.2) is 5.78 Å². The van der Waals surface area contributed by atoms with Gasteiger partial charge in [0, 0.05) is 31.5 Å². The van der Waals surface area contributed by atoms with Crippen molar-refractivity contribution in [3.05, 3.63) is 81.9 Å². The largest absolute Gasteiger partial charge is 0.298 e. The van der Waals surface area contributed by atoms with E-state index in [0.29, 0.717) is 11.7 Å². The van der Waals surface area contributed by atoms with Crippen LogP contribution in [0.4, 0.5) is 0 Å². The highest BCUT2D eigenvalue weighted by molar-refractivity contribution is 6.06. The molecule has 2 aromatic carbocycles. The maximum atomic E-state index is 12.9. The minimum absolute atomic E-state index is 0.0191. The normalized spacial score (nSPS) is 23.9. The first kappa shape index (κ1) is 17.6. The molecular weight excluding hydrogens is 342 g/mol. The fourth-order valence-electron chi connectivity index (χ4n) is 5.29. The highest BCUT2D eigenvalue weighted by Crippen LogP contribution is 2.45. The van der Waals surface area contributed by atoms with Gasteiger partial charge in [-0.3, -0.25) is 9.69 Å². The predicted molar refractivity (Wildman–Crippen MR) is 115 cm³/mol. The summed E-state index contributed by atoms with van der Waals surface area (Å²) in [4.78, 5) is 15.4. The fourth-order valence-corrected chi connectivity index (χ4v) is 5.29. The monoisotopic (exact) mass is 369 g/mol. The molecule has 5 rings (SSSR count). The Morgan fingerprint density at radius 1 is 0.964 bits per heavy atom. The molecule has 2 atom stereocenters. The highest BCUT2D eigenvalue weighted by Gasteiger charge is 2.32. The second kappa shape index (κ2) is 6.86. The molecule has 0 fully saturated rings. The molecule has 3 aliphatic rings. The van der Waals surface area contributed by atoms with Crippen molar-refractivity contribution in [1.29, 1.82) is 0 Å². The first-order chi connectivity index (χ1) is 13.6. The van der Waals surface area contributed by atoms with Crippen molar-refractivity contribution in [3.8, 4) is 0 Å². The number of nitrogens with zero attached hydrogens (tertiary/aromatic N) is 1. The summed E-state index contributed by atoms with van der Waals surface area (Å²) in [6.45, 7) is 7.47. The van der Waals surface area contributed by atoms with Crippen molar-refractivity contribution in [3.63, 3.8) is 0 Å². The Kier molecular flexibility index (Phi) is 4.32. The summed E-state index contributed by atoms with van der Waals surface area (Å²) < 4.78 is 0. The van der Waals surface area contributed by atoms with Crippen LogP contribution < -0.4 is 0 Å². The van der Waals surface area contributed by atoms with E-state index in [1.165, 1.54) is 27.8 Å². The van der Waals surface area contributed by atoms with Crippen LogP contribution in [0, 0.1) is 0 Å². The van der Waals surface area contributed by atoms with Crippen molar-refractivity contribution in [2.75, 3.05) is 19.6 Å². The summed E-state index contributed by atoms with van der Waals surface area (Å²) in [6, 6.07) is 17.2. The van der Waals surface area contributed by atoms with E-state index in [2.05, 4.69) is 60.4 Å². The second-order valence-corrected chi connectivity index (χ2v) is 8.47. The van der Waals surface area contributed by atoms with Crippen molar-refractivity contribution in [2.24, 2.45) is 0 Å². The summed E-state index contributed by atoms with van der Waals surface area (Å²) >= 11 is 0. The summed E-state index contributed by atoms with van der Waals surface area (Å²) in [5, 5.41) is 0. The average Bonchev–Trinajstić information content (AvgIpc) is 3.02. The molecule has 2 aliphatic carbocycles. The van der Waals surface area contributed by atoms with Crippen molar-refractivity contribution in [2.45, 2.75) is 38.5 Å². The zero-order valence-corrected chi connectivity index (χ0v) is 16.7. The Labute approximate surface area is 167 Å². The van der Waals surface area contributed by atoms with Gasteiger partial charge in [0.25, 0.3) is 0 Å². The standard InChI is InChI=1S/C26H27NO/c1-17-22-9-5-6-10-24(22)25-16-27(14-12-23(17)25)13-11-20-15-19-7-3-4-8-21(19)18(2)26(20)28/h3-10,15,17-18H,11-14,16H2,1-2H3. The third-order valence-corrected chi connectivity index (χ3v) is 6.94. The Hall–Kier alpha value is -2.45. The number of rotatable bonds is 3. The molecule has 0 saturated heterocycles. The molecule has 142 valence electrons. The second-order valence-electron chi connectivity index (χ2n) is 8.47. The fraction of sp³-hybridized carbons (Fsp3) is 0.346. The van der Waals surface area contributed by atoms with Gasteiger partial charge in [-0.2, -0.15) is 0 Å². The molecule has 1 aliphatic heterocycles. The van der Waals surface area contributed by atoms with Crippen LogP contribution in [0.1, 0.15) is 60.8 Å². The molecule has 0 aromatic heterocycles. The van der Waals surface area contributed by atoms with E-state index in [0.717, 1.165) is 38.0 Å². The zero-order chi connectivity index (χ0) is 19.3. The molecule has 0 bridgehead atoms. The lowest BCUT2D eigenvalue weighted by atomic mass is 9.82. The average molecular weight is 370 g/mol. The lowest BCUT2D eigenvalue weighted by Crippen LogP contribution is -2.32. The third kappa shape index (κ3) is 2.79. The van der Waals surface area contributed by atoms with Crippen molar-refractivity contribution in [1.82, 2.24) is 4.90 Å². The molecule has 2 unspecified atom stereocenters. The molecule has 2 aromatic rings. The van der Waals surface area contributed by atoms with E-state index in [9.17, 15) is 4.79 Å². The molecule has 2 heteroatoms. The number of ketones is 1. The summed E-state index contributed by atoms with van der Waals surface area (Å²) in [6.07, 6.45) is 4.12. The summed E-state index contributed by atoms with van der Waals surface area (Å²) in [5.41, 5.74) is 9.48. The minimum Gasteiger partial charge on any atom is -0.298 e. The van der Waals surface area contributed by atoms with Gasteiger partial charge in [-0.15, -0.1) is 0 Å². The molecule has 28 heavy (non-hydrogen) atoms. The van der Waals surface area contributed by atoms with Crippen LogP contribution in [0.5, 0.6) is 0 Å². The Bertz CT molecular complexity index is 1010. The quantitative estimate of drug-likeness (QED) is 0.720. The smallest absolute Gasteiger partial charge is 0.166 e.